The lowest BCUT2D eigenvalue weighted by Crippen LogP contribution is -2.44. The zero-order chi connectivity index (χ0) is 13.9. The van der Waals surface area contributed by atoms with Crippen LogP contribution >= 0.6 is 0 Å². The largest absolute Gasteiger partial charge is 0.486 e. The van der Waals surface area contributed by atoms with E-state index in [0.29, 0.717) is 43.2 Å². The lowest BCUT2D eigenvalue weighted by atomic mass is 10.1. The summed E-state index contributed by atoms with van der Waals surface area (Å²) in [7, 11) is 0. The molecule has 3 rings (SSSR count). The van der Waals surface area contributed by atoms with E-state index in [1.807, 2.05) is 0 Å². The number of nitrogens with one attached hydrogen (secondary N) is 1. The molecule has 0 bridgehead atoms. The minimum absolute atomic E-state index is 0.290. The Bertz CT molecular complexity index is 491. The normalized spacial score (nSPS) is 19.1. The molecule has 20 heavy (non-hydrogen) atoms. The molecular formula is C14H18F2N2O2. The first-order chi connectivity index (χ1) is 9.75. The average molecular weight is 284 g/mol. The molecule has 6 heteroatoms. The maximum Gasteiger partial charge on any atom is 0.167 e. The molecule has 1 aromatic rings. The van der Waals surface area contributed by atoms with Gasteiger partial charge in [0.05, 0.1) is 0 Å². The Kier molecular flexibility index (Phi) is 4.03. The summed E-state index contributed by atoms with van der Waals surface area (Å²) in [6, 6.07) is 1.07. The number of piperazine rings is 1. The van der Waals surface area contributed by atoms with Crippen molar-refractivity contribution in [2.75, 3.05) is 45.9 Å². The highest BCUT2D eigenvalue weighted by Gasteiger charge is 2.24. The molecule has 1 aromatic carbocycles. The predicted molar refractivity (Wildman–Crippen MR) is 70.4 cm³/mol. The molecule has 0 atom stereocenters. The van der Waals surface area contributed by atoms with E-state index < -0.39 is 11.6 Å². The molecule has 0 unspecified atom stereocenters. The zero-order valence-corrected chi connectivity index (χ0v) is 11.3. The van der Waals surface area contributed by atoms with Crippen LogP contribution in [-0.4, -0.2) is 50.8 Å². The molecule has 1 fully saturated rings. The van der Waals surface area contributed by atoms with E-state index in [-0.39, 0.29) is 0 Å². The van der Waals surface area contributed by atoms with Gasteiger partial charge in [-0.2, -0.15) is 0 Å². The molecule has 0 radical (unpaired) electrons. The van der Waals surface area contributed by atoms with E-state index in [1.54, 1.807) is 0 Å². The molecule has 110 valence electrons. The zero-order valence-electron chi connectivity index (χ0n) is 11.3. The Labute approximate surface area is 116 Å². The van der Waals surface area contributed by atoms with Crippen molar-refractivity contribution >= 4 is 0 Å². The van der Waals surface area contributed by atoms with Gasteiger partial charge in [0.15, 0.2) is 23.1 Å². The van der Waals surface area contributed by atoms with Crippen molar-refractivity contribution in [3.63, 3.8) is 0 Å². The molecule has 4 nitrogen and oxygen atoms in total. The van der Waals surface area contributed by atoms with Gasteiger partial charge in [-0.05, 0) is 6.42 Å². The van der Waals surface area contributed by atoms with Crippen LogP contribution < -0.4 is 14.8 Å². The van der Waals surface area contributed by atoms with Gasteiger partial charge < -0.3 is 19.7 Å². The van der Waals surface area contributed by atoms with Crippen LogP contribution in [0.5, 0.6) is 11.5 Å². The fourth-order valence-electron chi connectivity index (χ4n) is 2.63. The number of halogens is 2. The van der Waals surface area contributed by atoms with Gasteiger partial charge in [0.1, 0.15) is 13.2 Å². The highest BCUT2D eigenvalue weighted by atomic mass is 19.2. The molecule has 1 saturated heterocycles. The second kappa shape index (κ2) is 5.93. The third kappa shape index (κ3) is 2.71. The van der Waals surface area contributed by atoms with Gasteiger partial charge in [-0.1, -0.05) is 0 Å². The first kappa shape index (κ1) is 13.6. The Balaban J connectivity index is 1.78. The molecule has 0 saturated carbocycles. The van der Waals surface area contributed by atoms with Gasteiger partial charge in [-0.3, -0.25) is 0 Å². The van der Waals surface area contributed by atoms with Crippen LogP contribution in [0.15, 0.2) is 6.07 Å². The van der Waals surface area contributed by atoms with Crippen molar-refractivity contribution in [1.29, 1.82) is 0 Å². The second-order valence-electron chi connectivity index (χ2n) is 5.02. The Morgan fingerprint density at radius 3 is 2.70 bits per heavy atom. The Hall–Kier alpha value is -1.40. The van der Waals surface area contributed by atoms with Crippen molar-refractivity contribution in [1.82, 2.24) is 10.2 Å². The summed E-state index contributed by atoms with van der Waals surface area (Å²) >= 11 is 0. The number of rotatable bonds is 3. The first-order valence-electron chi connectivity index (χ1n) is 6.95. The Morgan fingerprint density at radius 2 is 1.90 bits per heavy atom. The fourth-order valence-corrected chi connectivity index (χ4v) is 2.63. The van der Waals surface area contributed by atoms with Crippen LogP contribution in [-0.2, 0) is 6.42 Å². The van der Waals surface area contributed by atoms with E-state index in [4.69, 9.17) is 9.47 Å². The average Bonchev–Trinajstić information content (AvgIpc) is 2.49. The topological polar surface area (TPSA) is 33.7 Å². The number of fused-ring (bicyclic) bond motifs is 1. The maximum absolute atomic E-state index is 14.0. The quantitative estimate of drug-likeness (QED) is 0.904. The standard InChI is InChI=1S/C14H18F2N2O2/c15-11-9-12-14(20-8-7-19-12)10(13(11)16)1-4-18-5-2-17-3-6-18/h9,17H,1-8H2. The van der Waals surface area contributed by atoms with Crippen LogP contribution in [0.1, 0.15) is 5.56 Å². The highest BCUT2D eigenvalue weighted by Crippen LogP contribution is 2.37. The predicted octanol–water partition coefficient (Wildman–Crippen LogP) is 1.18. The van der Waals surface area contributed by atoms with E-state index in [9.17, 15) is 8.78 Å². The Morgan fingerprint density at radius 1 is 1.15 bits per heavy atom. The smallest absolute Gasteiger partial charge is 0.167 e. The molecule has 2 aliphatic rings. The molecule has 1 N–H and O–H groups in total. The van der Waals surface area contributed by atoms with E-state index in [0.717, 1.165) is 32.2 Å². The highest BCUT2D eigenvalue weighted by molar-refractivity contribution is 5.49. The number of hydrogen-bond donors (Lipinski definition) is 1. The molecule has 2 heterocycles. The molecule has 0 aromatic heterocycles. The van der Waals surface area contributed by atoms with E-state index in [1.165, 1.54) is 0 Å². The molecular weight excluding hydrogens is 266 g/mol. The van der Waals surface area contributed by atoms with Gasteiger partial charge >= 0.3 is 0 Å². The fraction of sp³-hybridized carbons (Fsp3) is 0.571. The lowest BCUT2D eigenvalue weighted by Gasteiger charge is -2.28. The van der Waals surface area contributed by atoms with Gasteiger partial charge in [-0.25, -0.2) is 8.78 Å². The number of ether oxygens (including phenoxy) is 2. The number of nitrogens with zero attached hydrogens (tertiary/aromatic N) is 1. The van der Waals surface area contributed by atoms with E-state index >= 15 is 0 Å². The third-order valence-electron chi connectivity index (χ3n) is 3.71. The van der Waals surface area contributed by atoms with Crippen molar-refractivity contribution in [2.45, 2.75) is 6.42 Å². The van der Waals surface area contributed by atoms with Gasteiger partial charge in [0.25, 0.3) is 0 Å². The van der Waals surface area contributed by atoms with Crippen LogP contribution in [0.3, 0.4) is 0 Å². The summed E-state index contributed by atoms with van der Waals surface area (Å²) in [4.78, 5) is 2.23. The summed E-state index contributed by atoms with van der Waals surface area (Å²) in [6.07, 6.45) is 0.426. The molecule has 2 aliphatic heterocycles. The third-order valence-corrected chi connectivity index (χ3v) is 3.71. The molecule has 0 spiro atoms. The van der Waals surface area contributed by atoms with Crippen molar-refractivity contribution in [2.24, 2.45) is 0 Å². The van der Waals surface area contributed by atoms with Crippen LogP contribution in [0.2, 0.25) is 0 Å². The van der Waals surface area contributed by atoms with Gasteiger partial charge in [-0.15, -0.1) is 0 Å². The van der Waals surface area contributed by atoms with Crippen LogP contribution in [0.25, 0.3) is 0 Å². The number of hydrogen-bond acceptors (Lipinski definition) is 4. The van der Waals surface area contributed by atoms with Crippen molar-refractivity contribution in [3.05, 3.63) is 23.3 Å². The summed E-state index contributed by atoms with van der Waals surface area (Å²) < 4.78 is 38.4. The summed E-state index contributed by atoms with van der Waals surface area (Å²) in [5.74, 6) is -1.01. The minimum atomic E-state index is -0.871. The van der Waals surface area contributed by atoms with Crippen LogP contribution in [0, 0.1) is 11.6 Å². The lowest BCUT2D eigenvalue weighted by molar-refractivity contribution is 0.166. The number of benzene rings is 1. The second-order valence-corrected chi connectivity index (χ2v) is 5.02. The van der Waals surface area contributed by atoms with Gasteiger partial charge in [0.2, 0.25) is 0 Å². The first-order valence-corrected chi connectivity index (χ1v) is 6.95. The van der Waals surface area contributed by atoms with Crippen molar-refractivity contribution in [3.8, 4) is 11.5 Å². The van der Waals surface area contributed by atoms with Crippen LogP contribution in [0.4, 0.5) is 8.78 Å². The van der Waals surface area contributed by atoms with Gasteiger partial charge in [0, 0.05) is 44.4 Å². The molecule has 0 amide bonds. The SMILES string of the molecule is Fc1cc2c(c(CCN3CCNCC3)c1F)OCCO2. The van der Waals surface area contributed by atoms with Crippen molar-refractivity contribution < 1.29 is 18.3 Å². The molecule has 0 aliphatic carbocycles. The summed E-state index contributed by atoms with van der Waals surface area (Å²) in [5.41, 5.74) is 0.290. The summed E-state index contributed by atoms with van der Waals surface area (Å²) in [6.45, 7) is 5.16. The summed E-state index contributed by atoms with van der Waals surface area (Å²) in [5, 5.41) is 3.26. The monoisotopic (exact) mass is 284 g/mol. The van der Waals surface area contributed by atoms with E-state index in [2.05, 4.69) is 10.2 Å². The minimum Gasteiger partial charge on any atom is -0.486 e. The maximum atomic E-state index is 14.0.